The fourth-order valence-corrected chi connectivity index (χ4v) is 4.63. The summed E-state index contributed by atoms with van der Waals surface area (Å²) in [5.41, 5.74) is 4.53. The number of fused-ring (bicyclic) bond motifs is 1. The first-order valence-electron chi connectivity index (χ1n) is 12.0. The molecule has 0 spiro atoms. The van der Waals surface area contributed by atoms with Gasteiger partial charge in [-0.05, 0) is 36.2 Å². The first-order valence-corrected chi connectivity index (χ1v) is 12.0. The molecule has 5 rings (SSSR count). The molecule has 0 radical (unpaired) electrons. The Morgan fingerprint density at radius 2 is 1.67 bits per heavy atom. The Morgan fingerprint density at radius 1 is 0.939 bits per heavy atom. The molecule has 1 aromatic heterocycles. The molecule has 2 atom stereocenters. The van der Waals surface area contributed by atoms with E-state index in [-0.39, 0.29) is 12.1 Å². The third-order valence-electron chi connectivity index (χ3n) is 6.74. The van der Waals surface area contributed by atoms with Gasteiger partial charge in [0.25, 0.3) is 0 Å². The lowest BCUT2D eigenvalue weighted by molar-refractivity contribution is 0.132. The Labute approximate surface area is 195 Å². The van der Waals surface area contributed by atoms with Gasteiger partial charge in [-0.3, -0.25) is 9.89 Å². The van der Waals surface area contributed by atoms with Crippen LogP contribution >= 0.6 is 0 Å². The first-order chi connectivity index (χ1) is 16.2. The van der Waals surface area contributed by atoms with E-state index >= 15 is 0 Å². The van der Waals surface area contributed by atoms with E-state index in [9.17, 15) is 0 Å². The molecule has 2 aliphatic rings. The molecule has 0 unspecified atom stereocenters. The first kappa shape index (κ1) is 21.7. The molecule has 0 saturated carbocycles. The van der Waals surface area contributed by atoms with Crippen molar-refractivity contribution in [2.24, 2.45) is 4.99 Å². The molecule has 3 aromatic rings. The molecule has 3 heterocycles. The van der Waals surface area contributed by atoms with Gasteiger partial charge in [0, 0.05) is 38.8 Å². The minimum Gasteiger partial charge on any atom is -0.363 e. The van der Waals surface area contributed by atoms with Crippen LogP contribution in [0.2, 0.25) is 0 Å². The molecule has 2 aromatic carbocycles. The standard InChI is InChI=1S/C27H32N6/c1-3-32-13-15-33(16-14-32)18-21-9-11-23(12-10-21)25-17-24-26(28-19-29-27(24)31-25)30-20(2)22-7-5-4-6-8-22/h4-12,17,19-20,25H,3,13-16,18H2,1-2H3,(H,28,29,30,31)/t20-,25+/m1/s1. The van der Waals surface area contributed by atoms with Gasteiger partial charge in [0.2, 0.25) is 0 Å². The van der Waals surface area contributed by atoms with Gasteiger partial charge in [0.15, 0.2) is 5.49 Å². The molecule has 0 aliphatic carbocycles. The second-order valence-electron chi connectivity index (χ2n) is 8.93. The van der Waals surface area contributed by atoms with Crippen LogP contribution in [-0.2, 0) is 6.54 Å². The summed E-state index contributed by atoms with van der Waals surface area (Å²) in [7, 11) is 0. The number of rotatable bonds is 7. The predicted molar refractivity (Wildman–Crippen MR) is 132 cm³/mol. The summed E-state index contributed by atoms with van der Waals surface area (Å²) < 4.78 is 0. The van der Waals surface area contributed by atoms with Crippen molar-refractivity contribution in [1.82, 2.24) is 19.8 Å². The number of aromatic nitrogens is 2. The van der Waals surface area contributed by atoms with E-state index < -0.39 is 0 Å². The Kier molecular flexibility index (Phi) is 6.46. The van der Waals surface area contributed by atoms with E-state index in [0.29, 0.717) is 0 Å². The molecule has 0 amide bonds. The third kappa shape index (κ3) is 4.97. The second kappa shape index (κ2) is 9.81. The number of nitrogens with one attached hydrogen (secondary N) is 1. The molecule has 6 nitrogen and oxygen atoms in total. The monoisotopic (exact) mass is 440 g/mol. The van der Waals surface area contributed by atoms with Crippen molar-refractivity contribution in [3.05, 3.63) is 88.3 Å². The van der Waals surface area contributed by atoms with Crippen LogP contribution in [0.25, 0.3) is 6.08 Å². The van der Waals surface area contributed by atoms with E-state index in [4.69, 9.17) is 4.99 Å². The fraction of sp³-hybridized carbons (Fsp3) is 0.370. The molecule has 1 saturated heterocycles. The Hall–Kier alpha value is -3.09. The second-order valence-corrected chi connectivity index (χ2v) is 8.93. The zero-order valence-corrected chi connectivity index (χ0v) is 19.5. The van der Waals surface area contributed by atoms with Crippen LogP contribution < -0.4 is 16.0 Å². The van der Waals surface area contributed by atoms with Gasteiger partial charge >= 0.3 is 0 Å². The fourth-order valence-electron chi connectivity index (χ4n) is 4.63. The predicted octanol–water partition coefficient (Wildman–Crippen LogP) is 2.94. The number of hydrogen-bond donors (Lipinski definition) is 1. The summed E-state index contributed by atoms with van der Waals surface area (Å²) in [5, 5.41) is 4.53. The summed E-state index contributed by atoms with van der Waals surface area (Å²) in [4.78, 5) is 18.9. The lowest BCUT2D eigenvalue weighted by Gasteiger charge is -2.34. The van der Waals surface area contributed by atoms with Crippen LogP contribution in [0.1, 0.15) is 42.6 Å². The molecule has 0 bridgehead atoms. The number of likely N-dealkylation sites (N-methyl/N-ethyl adjacent to an activating group) is 1. The van der Waals surface area contributed by atoms with Crippen LogP contribution in [0.5, 0.6) is 0 Å². The third-order valence-corrected chi connectivity index (χ3v) is 6.74. The quantitative estimate of drug-likeness (QED) is 0.612. The molecule has 170 valence electrons. The van der Waals surface area contributed by atoms with Gasteiger partial charge < -0.3 is 10.2 Å². The number of nitrogens with zero attached hydrogens (tertiary/aromatic N) is 5. The lowest BCUT2D eigenvalue weighted by atomic mass is 10.0. The topological polar surface area (TPSA) is 56.6 Å². The molecular formula is C27H32N6. The molecule has 1 N–H and O–H groups in total. The minimum atomic E-state index is -0.0218. The van der Waals surface area contributed by atoms with Crippen molar-refractivity contribution in [2.75, 3.05) is 38.0 Å². The van der Waals surface area contributed by atoms with Gasteiger partial charge in [0.1, 0.15) is 12.1 Å². The Morgan fingerprint density at radius 3 is 2.39 bits per heavy atom. The molecule has 1 fully saturated rings. The van der Waals surface area contributed by atoms with Crippen molar-refractivity contribution in [1.29, 1.82) is 0 Å². The average Bonchev–Trinajstić information content (AvgIpc) is 3.31. The van der Waals surface area contributed by atoms with Crippen molar-refractivity contribution < 1.29 is 0 Å². The number of hydrogen-bond acceptors (Lipinski definition) is 6. The SMILES string of the molecule is CCN1CCN(Cc2ccc([C@@H]3C=c4c(N[C@H](C)c5ccccc5)ncnc4=N3)cc2)CC1. The molecule has 2 aliphatic heterocycles. The van der Waals surface area contributed by atoms with Gasteiger partial charge in [-0.2, -0.15) is 0 Å². The zero-order valence-electron chi connectivity index (χ0n) is 19.5. The normalized spacial score (nSPS) is 19.4. The van der Waals surface area contributed by atoms with E-state index in [1.54, 1.807) is 6.33 Å². The van der Waals surface area contributed by atoms with E-state index in [0.717, 1.165) is 42.7 Å². The highest BCUT2D eigenvalue weighted by atomic mass is 15.3. The molecule has 33 heavy (non-hydrogen) atoms. The molecular weight excluding hydrogens is 408 g/mol. The summed E-state index contributed by atoms with van der Waals surface area (Å²) >= 11 is 0. The zero-order chi connectivity index (χ0) is 22.6. The van der Waals surface area contributed by atoms with Crippen LogP contribution in [0, 0.1) is 0 Å². The summed E-state index contributed by atoms with van der Waals surface area (Å²) in [6.45, 7) is 11.2. The number of piperazine rings is 1. The molecule has 6 heteroatoms. The maximum absolute atomic E-state index is 4.86. The van der Waals surface area contributed by atoms with Crippen molar-refractivity contribution in [3.8, 4) is 0 Å². The summed E-state index contributed by atoms with van der Waals surface area (Å²) in [5.74, 6) is 0.838. The number of benzene rings is 2. The van der Waals surface area contributed by atoms with Crippen LogP contribution in [0.4, 0.5) is 5.82 Å². The Balaban J connectivity index is 1.28. The summed E-state index contributed by atoms with van der Waals surface area (Å²) in [6.07, 6.45) is 3.77. The minimum absolute atomic E-state index is 0.0218. The maximum Gasteiger partial charge on any atom is 0.160 e. The van der Waals surface area contributed by atoms with Gasteiger partial charge in [-0.1, -0.05) is 61.5 Å². The van der Waals surface area contributed by atoms with Crippen LogP contribution in [0.15, 0.2) is 65.9 Å². The van der Waals surface area contributed by atoms with E-state index in [1.165, 1.54) is 29.8 Å². The lowest BCUT2D eigenvalue weighted by Crippen LogP contribution is -2.45. The highest BCUT2D eigenvalue weighted by molar-refractivity contribution is 5.50. The van der Waals surface area contributed by atoms with Crippen molar-refractivity contribution >= 4 is 11.9 Å². The smallest absolute Gasteiger partial charge is 0.160 e. The average molecular weight is 441 g/mol. The highest BCUT2D eigenvalue weighted by Gasteiger charge is 2.18. The van der Waals surface area contributed by atoms with Crippen LogP contribution in [-0.4, -0.2) is 52.5 Å². The highest BCUT2D eigenvalue weighted by Crippen LogP contribution is 2.22. The summed E-state index contributed by atoms with van der Waals surface area (Å²) in [6, 6.07) is 19.4. The van der Waals surface area contributed by atoms with E-state index in [2.05, 4.69) is 93.5 Å². The van der Waals surface area contributed by atoms with E-state index in [1.807, 2.05) is 6.07 Å². The largest absolute Gasteiger partial charge is 0.363 e. The maximum atomic E-state index is 4.86. The number of anilines is 1. The van der Waals surface area contributed by atoms with Gasteiger partial charge in [0.05, 0.1) is 11.3 Å². The van der Waals surface area contributed by atoms with Crippen molar-refractivity contribution in [2.45, 2.75) is 32.5 Å². The van der Waals surface area contributed by atoms with Gasteiger partial charge in [-0.25, -0.2) is 9.97 Å². The van der Waals surface area contributed by atoms with Crippen LogP contribution in [0.3, 0.4) is 0 Å². The van der Waals surface area contributed by atoms with Gasteiger partial charge in [-0.15, -0.1) is 0 Å². The Bertz CT molecular complexity index is 1180. The van der Waals surface area contributed by atoms with Crippen molar-refractivity contribution in [3.63, 3.8) is 0 Å².